The molecule has 0 spiro atoms. The fraction of sp³-hybridized carbons (Fsp3) is 0.818. The maximum atomic E-state index is 11.6. The van der Waals surface area contributed by atoms with Crippen molar-refractivity contribution >= 4 is 11.9 Å². The lowest BCUT2D eigenvalue weighted by Gasteiger charge is -2.43. The molecule has 0 aromatic heterocycles. The monoisotopic (exact) mass is 241 g/mol. The number of rotatable bonds is 3. The summed E-state index contributed by atoms with van der Waals surface area (Å²) in [7, 11) is 0. The average Bonchev–Trinajstić information content (AvgIpc) is 2.29. The van der Waals surface area contributed by atoms with Crippen LogP contribution in [0.15, 0.2) is 0 Å². The summed E-state index contributed by atoms with van der Waals surface area (Å²) < 4.78 is 0. The summed E-state index contributed by atoms with van der Waals surface area (Å²) in [6.07, 6.45) is 0. The second-order valence-electron chi connectivity index (χ2n) is 4.78. The van der Waals surface area contributed by atoms with E-state index in [9.17, 15) is 4.79 Å². The molecule has 6 nitrogen and oxygen atoms in total. The molecular weight excluding hydrogens is 218 g/mol. The number of nitrogens with two attached hydrogens (primary N) is 1. The van der Waals surface area contributed by atoms with Gasteiger partial charge in [0.15, 0.2) is 0 Å². The Balaban J connectivity index is 2.51. The molecular formula is C11H23N5O. The van der Waals surface area contributed by atoms with Gasteiger partial charge in [0, 0.05) is 32.7 Å². The third kappa shape index (κ3) is 3.09. The molecule has 0 atom stereocenters. The Morgan fingerprint density at radius 3 is 2.29 bits per heavy atom. The molecule has 1 heterocycles. The van der Waals surface area contributed by atoms with Gasteiger partial charge in [-0.1, -0.05) is 0 Å². The number of nitrogens with zero attached hydrogens (tertiary/aromatic N) is 2. The molecule has 6 heteroatoms. The Hall–Kier alpha value is -1.30. The summed E-state index contributed by atoms with van der Waals surface area (Å²) in [4.78, 5) is 15.6. The Morgan fingerprint density at radius 2 is 1.88 bits per heavy atom. The first-order chi connectivity index (χ1) is 7.89. The van der Waals surface area contributed by atoms with Crippen molar-refractivity contribution < 1.29 is 4.79 Å². The minimum absolute atomic E-state index is 0.00668. The standard InChI is InChI=1S/C11H23N5O/c1-4-14-10(17)15-5-7-16(8-6-15)11(2,3)9(12)13/h4-8H2,1-3H3,(H3,12,13)(H,14,17). The van der Waals surface area contributed by atoms with E-state index in [2.05, 4.69) is 10.2 Å². The number of amidine groups is 1. The van der Waals surface area contributed by atoms with Crippen molar-refractivity contribution in [2.24, 2.45) is 5.73 Å². The lowest BCUT2D eigenvalue weighted by molar-refractivity contribution is 0.0970. The van der Waals surface area contributed by atoms with Gasteiger partial charge in [0.1, 0.15) is 5.84 Å². The normalized spacial score (nSPS) is 17.9. The number of carbonyl (C=O) groups excluding carboxylic acids is 1. The van der Waals surface area contributed by atoms with E-state index in [0.717, 1.165) is 13.1 Å². The maximum absolute atomic E-state index is 11.6. The number of urea groups is 1. The van der Waals surface area contributed by atoms with Crippen LogP contribution in [-0.2, 0) is 0 Å². The number of hydrogen-bond acceptors (Lipinski definition) is 3. The van der Waals surface area contributed by atoms with Gasteiger partial charge in [-0.3, -0.25) is 10.3 Å². The van der Waals surface area contributed by atoms with Crippen LogP contribution < -0.4 is 11.1 Å². The lowest BCUT2D eigenvalue weighted by atomic mass is 10.0. The van der Waals surface area contributed by atoms with Gasteiger partial charge in [-0.05, 0) is 20.8 Å². The highest BCUT2D eigenvalue weighted by Crippen LogP contribution is 2.16. The minimum atomic E-state index is -0.423. The third-order valence-corrected chi connectivity index (χ3v) is 3.34. The maximum Gasteiger partial charge on any atom is 0.317 e. The number of carbonyl (C=O) groups is 1. The van der Waals surface area contributed by atoms with Gasteiger partial charge in [0.2, 0.25) is 0 Å². The zero-order chi connectivity index (χ0) is 13.1. The number of piperazine rings is 1. The molecule has 0 bridgehead atoms. The van der Waals surface area contributed by atoms with Gasteiger partial charge in [-0.25, -0.2) is 4.79 Å². The summed E-state index contributed by atoms with van der Waals surface area (Å²) in [6, 6.07) is -0.00668. The summed E-state index contributed by atoms with van der Waals surface area (Å²) >= 11 is 0. The van der Waals surface area contributed by atoms with Crippen molar-refractivity contribution in [1.29, 1.82) is 5.41 Å². The van der Waals surface area contributed by atoms with Crippen molar-refractivity contribution in [3.63, 3.8) is 0 Å². The van der Waals surface area contributed by atoms with Crippen LogP contribution in [0.5, 0.6) is 0 Å². The van der Waals surface area contributed by atoms with Crippen LogP contribution in [0.3, 0.4) is 0 Å². The Bertz CT molecular complexity index is 294. The first-order valence-corrected chi connectivity index (χ1v) is 6.02. The Morgan fingerprint density at radius 1 is 1.35 bits per heavy atom. The quantitative estimate of drug-likeness (QED) is 0.482. The van der Waals surface area contributed by atoms with Gasteiger partial charge in [0.25, 0.3) is 0 Å². The molecule has 0 aliphatic carbocycles. The van der Waals surface area contributed by atoms with Gasteiger partial charge >= 0.3 is 6.03 Å². The average molecular weight is 241 g/mol. The van der Waals surface area contributed by atoms with Crippen molar-refractivity contribution in [2.45, 2.75) is 26.3 Å². The highest BCUT2D eigenvalue weighted by Gasteiger charge is 2.33. The smallest absolute Gasteiger partial charge is 0.317 e. The summed E-state index contributed by atoms with van der Waals surface area (Å²) in [5.41, 5.74) is 5.17. The predicted octanol–water partition coefficient (Wildman–Crippen LogP) is 0.0481. The molecule has 1 fully saturated rings. The molecule has 17 heavy (non-hydrogen) atoms. The highest BCUT2D eigenvalue weighted by molar-refractivity contribution is 5.86. The van der Waals surface area contributed by atoms with E-state index in [0.29, 0.717) is 19.6 Å². The molecule has 0 aromatic rings. The second kappa shape index (κ2) is 5.35. The van der Waals surface area contributed by atoms with E-state index in [1.54, 1.807) is 4.90 Å². The largest absolute Gasteiger partial charge is 0.386 e. The van der Waals surface area contributed by atoms with Crippen LogP contribution in [0.4, 0.5) is 4.79 Å². The summed E-state index contributed by atoms with van der Waals surface area (Å²) in [5, 5.41) is 10.4. The zero-order valence-electron chi connectivity index (χ0n) is 10.9. The predicted molar refractivity (Wildman–Crippen MR) is 68.2 cm³/mol. The Kier molecular flexibility index (Phi) is 4.34. The van der Waals surface area contributed by atoms with Gasteiger partial charge < -0.3 is 16.0 Å². The van der Waals surface area contributed by atoms with E-state index in [1.165, 1.54) is 0 Å². The molecule has 0 unspecified atom stereocenters. The van der Waals surface area contributed by atoms with Gasteiger partial charge in [-0.15, -0.1) is 0 Å². The molecule has 1 aliphatic rings. The van der Waals surface area contributed by atoms with Crippen molar-refractivity contribution in [3.05, 3.63) is 0 Å². The van der Waals surface area contributed by atoms with Crippen LogP contribution in [0.2, 0.25) is 0 Å². The minimum Gasteiger partial charge on any atom is -0.386 e. The molecule has 0 saturated carbocycles. The molecule has 4 N–H and O–H groups in total. The number of hydrogen-bond donors (Lipinski definition) is 3. The van der Waals surface area contributed by atoms with E-state index >= 15 is 0 Å². The van der Waals surface area contributed by atoms with Crippen molar-refractivity contribution in [1.82, 2.24) is 15.1 Å². The fourth-order valence-electron chi connectivity index (χ4n) is 1.90. The molecule has 98 valence electrons. The molecule has 1 saturated heterocycles. The molecule has 0 aromatic carbocycles. The summed E-state index contributed by atoms with van der Waals surface area (Å²) in [6.45, 7) is 9.32. The van der Waals surface area contributed by atoms with E-state index < -0.39 is 5.54 Å². The van der Waals surface area contributed by atoms with Crippen LogP contribution in [0.25, 0.3) is 0 Å². The third-order valence-electron chi connectivity index (χ3n) is 3.34. The molecule has 1 rings (SSSR count). The molecule has 0 radical (unpaired) electrons. The van der Waals surface area contributed by atoms with Crippen molar-refractivity contribution in [3.8, 4) is 0 Å². The first kappa shape index (κ1) is 13.8. The summed E-state index contributed by atoms with van der Waals surface area (Å²) in [5.74, 6) is 0.170. The first-order valence-electron chi connectivity index (χ1n) is 6.02. The van der Waals surface area contributed by atoms with Crippen molar-refractivity contribution in [2.75, 3.05) is 32.7 Å². The molecule has 2 amide bonds. The van der Waals surface area contributed by atoms with Crippen LogP contribution in [0, 0.1) is 5.41 Å². The van der Waals surface area contributed by atoms with Crippen LogP contribution >= 0.6 is 0 Å². The Labute approximate surface area is 103 Å². The van der Waals surface area contributed by atoms with Crippen LogP contribution in [-0.4, -0.2) is 59.9 Å². The lowest BCUT2D eigenvalue weighted by Crippen LogP contribution is -2.61. The topological polar surface area (TPSA) is 85.5 Å². The highest BCUT2D eigenvalue weighted by atomic mass is 16.2. The second-order valence-corrected chi connectivity index (χ2v) is 4.78. The zero-order valence-corrected chi connectivity index (χ0v) is 10.9. The number of nitrogens with one attached hydrogen (secondary N) is 2. The van der Waals surface area contributed by atoms with E-state index in [1.807, 2.05) is 20.8 Å². The van der Waals surface area contributed by atoms with E-state index in [4.69, 9.17) is 11.1 Å². The number of amides is 2. The van der Waals surface area contributed by atoms with Gasteiger partial charge in [-0.2, -0.15) is 0 Å². The van der Waals surface area contributed by atoms with Gasteiger partial charge in [0.05, 0.1) is 5.54 Å². The SMILES string of the molecule is CCNC(=O)N1CCN(C(C)(C)C(=N)N)CC1. The molecule has 1 aliphatic heterocycles. The van der Waals surface area contributed by atoms with Crippen LogP contribution in [0.1, 0.15) is 20.8 Å². The fourth-order valence-corrected chi connectivity index (χ4v) is 1.90. The van der Waals surface area contributed by atoms with E-state index in [-0.39, 0.29) is 11.9 Å².